The molecule has 0 aromatic heterocycles. The van der Waals surface area contributed by atoms with Crippen LogP contribution in [0.15, 0.2) is 12.2 Å². The molecule has 0 N–H and O–H groups in total. The van der Waals surface area contributed by atoms with Crippen molar-refractivity contribution < 1.29 is 0 Å². The zero-order chi connectivity index (χ0) is 15.3. The van der Waals surface area contributed by atoms with Gasteiger partial charge >= 0.3 is 0 Å². The summed E-state index contributed by atoms with van der Waals surface area (Å²) < 4.78 is 0. The van der Waals surface area contributed by atoms with Crippen LogP contribution in [-0.2, 0) is 0 Å². The summed E-state index contributed by atoms with van der Waals surface area (Å²) in [6.45, 7) is 0. The maximum Gasteiger partial charge on any atom is -0.0351 e. The van der Waals surface area contributed by atoms with Crippen molar-refractivity contribution in [3.05, 3.63) is 12.2 Å². The van der Waals surface area contributed by atoms with Gasteiger partial charge in [-0.3, -0.25) is 0 Å². The van der Waals surface area contributed by atoms with Crippen LogP contribution in [0.1, 0.15) is 116 Å². The van der Waals surface area contributed by atoms with Crippen molar-refractivity contribution in [2.45, 2.75) is 116 Å². The zero-order valence-corrected chi connectivity index (χ0v) is 15.0. The summed E-state index contributed by atoms with van der Waals surface area (Å²) in [5.41, 5.74) is 0. The molecule has 0 nitrogen and oxygen atoms in total. The first-order chi connectivity index (χ1) is 10.9. The molecule has 2 aliphatic rings. The summed E-state index contributed by atoms with van der Waals surface area (Å²) >= 11 is 0. The SMILES string of the molecule is C1=C\CCCC2CCCC(CCCCCCCCCCC/1)C2. The summed E-state index contributed by atoms with van der Waals surface area (Å²) in [6.07, 6.45) is 31.5. The predicted octanol–water partition coefficient (Wildman–Crippen LogP) is 7.82. The molecule has 22 heavy (non-hydrogen) atoms. The highest BCUT2D eigenvalue weighted by Gasteiger charge is 2.21. The smallest absolute Gasteiger partial charge is 0.0351 e. The summed E-state index contributed by atoms with van der Waals surface area (Å²) in [5.74, 6) is 2.14. The largest absolute Gasteiger partial charge is 0.0885 e. The fourth-order valence-corrected chi connectivity index (χ4v) is 4.62. The summed E-state index contributed by atoms with van der Waals surface area (Å²) in [5, 5.41) is 0. The Kier molecular flexibility index (Phi) is 10.0. The Labute approximate surface area is 140 Å². The van der Waals surface area contributed by atoms with E-state index in [1.165, 1.54) is 109 Å². The van der Waals surface area contributed by atoms with Crippen molar-refractivity contribution >= 4 is 0 Å². The Hall–Kier alpha value is -0.260. The van der Waals surface area contributed by atoms with E-state index in [1.54, 1.807) is 6.42 Å². The van der Waals surface area contributed by atoms with E-state index in [-0.39, 0.29) is 0 Å². The van der Waals surface area contributed by atoms with Gasteiger partial charge in [-0.1, -0.05) is 95.6 Å². The van der Waals surface area contributed by atoms with Crippen LogP contribution in [0, 0.1) is 11.8 Å². The van der Waals surface area contributed by atoms with Gasteiger partial charge in [0.2, 0.25) is 0 Å². The van der Waals surface area contributed by atoms with Crippen LogP contribution in [0.4, 0.5) is 0 Å². The van der Waals surface area contributed by atoms with Gasteiger partial charge in [0.15, 0.2) is 0 Å². The first kappa shape index (κ1) is 18.1. The lowest BCUT2D eigenvalue weighted by Crippen LogP contribution is -2.15. The highest BCUT2D eigenvalue weighted by Crippen LogP contribution is 2.35. The van der Waals surface area contributed by atoms with Crippen LogP contribution in [0.2, 0.25) is 0 Å². The van der Waals surface area contributed by atoms with E-state index >= 15 is 0 Å². The van der Waals surface area contributed by atoms with Gasteiger partial charge in [0.1, 0.15) is 0 Å². The van der Waals surface area contributed by atoms with E-state index < -0.39 is 0 Å². The van der Waals surface area contributed by atoms with Gasteiger partial charge in [-0.05, 0) is 43.9 Å². The van der Waals surface area contributed by atoms with Crippen molar-refractivity contribution in [3.8, 4) is 0 Å². The molecular formula is C22H40. The van der Waals surface area contributed by atoms with E-state index in [2.05, 4.69) is 12.2 Å². The van der Waals surface area contributed by atoms with Crippen LogP contribution in [0.5, 0.6) is 0 Å². The van der Waals surface area contributed by atoms with Crippen LogP contribution in [-0.4, -0.2) is 0 Å². The topological polar surface area (TPSA) is 0 Å². The van der Waals surface area contributed by atoms with Crippen molar-refractivity contribution in [2.24, 2.45) is 11.8 Å². The van der Waals surface area contributed by atoms with E-state index in [4.69, 9.17) is 0 Å². The fourth-order valence-electron chi connectivity index (χ4n) is 4.62. The summed E-state index contributed by atoms with van der Waals surface area (Å²) in [4.78, 5) is 0. The molecule has 0 amide bonds. The van der Waals surface area contributed by atoms with E-state index in [1.807, 2.05) is 0 Å². The average Bonchev–Trinajstić information content (AvgIpc) is 2.54. The molecule has 0 heterocycles. The van der Waals surface area contributed by atoms with Crippen molar-refractivity contribution in [2.75, 3.05) is 0 Å². The number of hydrogen-bond donors (Lipinski definition) is 0. The molecule has 0 radical (unpaired) electrons. The first-order valence-electron chi connectivity index (χ1n) is 10.6. The Morgan fingerprint density at radius 1 is 0.409 bits per heavy atom. The minimum Gasteiger partial charge on any atom is -0.0885 e. The Morgan fingerprint density at radius 3 is 1.55 bits per heavy atom. The van der Waals surface area contributed by atoms with E-state index in [0.717, 1.165) is 11.8 Å². The standard InChI is InChI=1S/C22H40/c1-2-4-6-8-10-12-14-17-22-19-15-18-21(20-22)16-13-11-9-7-5-3-1/h7,9,21-22H,1-6,8,10-20H2/b9-7-. The summed E-state index contributed by atoms with van der Waals surface area (Å²) in [6, 6.07) is 0. The average molecular weight is 305 g/mol. The molecule has 0 heteroatoms. The molecular weight excluding hydrogens is 264 g/mol. The third-order valence-electron chi connectivity index (χ3n) is 6.02. The van der Waals surface area contributed by atoms with Gasteiger partial charge in [0, 0.05) is 0 Å². The molecule has 0 aromatic rings. The second-order valence-corrected chi connectivity index (χ2v) is 8.06. The number of hydrogen-bond acceptors (Lipinski definition) is 0. The van der Waals surface area contributed by atoms with Gasteiger partial charge in [-0.2, -0.15) is 0 Å². The third kappa shape index (κ3) is 8.39. The summed E-state index contributed by atoms with van der Waals surface area (Å²) in [7, 11) is 0. The van der Waals surface area contributed by atoms with Crippen LogP contribution >= 0.6 is 0 Å². The maximum atomic E-state index is 2.47. The number of fused-ring (bicyclic) bond motifs is 2. The number of allylic oxidation sites excluding steroid dienone is 2. The van der Waals surface area contributed by atoms with Gasteiger partial charge in [-0.15, -0.1) is 0 Å². The normalized spacial score (nSPS) is 32.4. The third-order valence-corrected chi connectivity index (χ3v) is 6.02. The van der Waals surface area contributed by atoms with Gasteiger partial charge in [0.25, 0.3) is 0 Å². The van der Waals surface area contributed by atoms with Crippen molar-refractivity contribution in [1.82, 2.24) is 0 Å². The Morgan fingerprint density at radius 2 is 0.864 bits per heavy atom. The lowest BCUT2D eigenvalue weighted by molar-refractivity contribution is 0.237. The van der Waals surface area contributed by atoms with Crippen LogP contribution < -0.4 is 0 Å². The first-order valence-corrected chi connectivity index (χ1v) is 10.6. The van der Waals surface area contributed by atoms with E-state index in [9.17, 15) is 0 Å². The molecule has 0 aliphatic heterocycles. The van der Waals surface area contributed by atoms with Crippen molar-refractivity contribution in [1.29, 1.82) is 0 Å². The van der Waals surface area contributed by atoms with Gasteiger partial charge in [0.05, 0.1) is 0 Å². The van der Waals surface area contributed by atoms with Crippen LogP contribution in [0.25, 0.3) is 0 Å². The van der Waals surface area contributed by atoms with Gasteiger partial charge in [-0.25, -0.2) is 0 Å². The second kappa shape index (κ2) is 12.2. The quantitative estimate of drug-likeness (QED) is 0.400. The minimum atomic E-state index is 1.06. The molecule has 2 aliphatic carbocycles. The molecule has 0 saturated heterocycles. The van der Waals surface area contributed by atoms with Crippen LogP contribution in [0.3, 0.4) is 0 Å². The van der Waals surface area contributed by atoms with Crippen molar-refractivity contribution in [3.63, 3.8) is 0 Å². The second-order valence-electron chi connectivity index (χ2n) is 8.06. The fraction of sp³-hybridized carbons (Fsp3) is 0.909. The molecule has 2 rings (SSSR count). The molecule has 1 saturated carbocycles. The molecule has 1 fully saturated rings. The molecule has 128 valence electrons. The molecule has 2 atom stereocenters. The minimum absolute atomic E-state index is 1.06. The molecule has 2 bridgehead atoms. The Balaban J connectivity index is 1.69. The predicted molar refractivity (Wildman–Crippen MR) is 99.2 cm³/mol. The molecule has 0 spiro atoms. The highest BCUT2D eigenvalue weighted by atomic mass is 14.3. The number of rotatable bonds is 0. The monoisotopic (exact) mass is 304 g/mol. The van der Waals surface area contributed by atoms with Gasteiger partial charge < -0.3 is 0 Å². The van der Waals surface area contributed by atoms with E-state index in [0.29, 0.717) is 0 Å². The Bertz CT molecular complexity index is 278. The lowest BCUT2D eigenvalue weighted by Gasteiger charge is -2.29. The highest BCUT2D eigenvalue weighted by molar-refractivity contribution is 4.82. The zero-order valence-electron chi connectivity index (χ0n) is 15.0. The molecule has 0 aromatic carbocycles. The maximum absolute atomic E-state index is 2.47. The lowest BCUT2D eigenvalue weighted by atomic mass is 9.77. The molecule has 2 unspecified atom stereocenters.